The van der Waals surface area contributed by atoms with Crippen molar-refractivity contribution < 1.29 is 34.2 Å². The largest absolute Gasteiger partial charge is 0.863 e. The number of nitrogens with zero attached hydrogens (tertiary/aromatic N) is 4. The van der Waals surface area contributed by atoms with Crippen LogP contribution in [0, 0.1) is 30.3 Å². The number of likely N-dealkylation sites (N-methyl/N-ethyl adjacent to an activating group) is 1. The van der Waals surface area contributed by atoms with Gasteiger partial charge in [0.2, 0.25) is 0 Å². The molecule has 0 heterocycles. The summed E-state index contributed by atoms with van der Waals surface area (Å²) in [4.78, 5) is 27.5. The number of aromatic hydroxyl groups is 1. The van der Waals surface area contributed by atoms with E-state index in [1.807, 2.05) is 6.07 Å². The second-order valence-electron chi connectivity index (χ2n) is 7.35. The molecule has 2 aromatic rings. The number of benzene rings is 2. The van der Waals surface area contributed by atoms with Crippen molar-refractivity contribution in [3.05, 3.63) is 66.2 Å². The third-order valence-electron chi connectivity index (χ3n) is 3.95. The molecule has 0 aliphatic carbocycles. The molecule has 0 atom stereocenters. The van der Waals surface area contributed by atoms with E-state index in [1.54, 1.807) is 19.2 Å². The number of phenols is 1. The lowest BCUT2D eigenvalue weighted by Crippen LogP contribution is -2.36. The SMILES string of the molecule is COc1ccc(CC[N+](C)(C)C)cc1O.O=[N+]([O-])c1cc([N+](=O)[O-])c([O-])c([N+](=O)[O-])c1. The third kappa shape index (κ3) is 7.40. The highest BCUT2D eigenvalue weighted by atomic mass is 16.6. The zero-order valence-electron chi connectivity index (χ0n) is 17.3. The van der Waals surface area contributed by atoms with Gasteiger partial charge in [-0.15, -0.1) is 0 Å². The lowest BCUT2D eigenvalue weighted by Gasteiger charge is -2.23. The Balaban J connectivity index is 0.000000311. The van der Waals surface area contributed by atoms with Gasteiger partial charge in [0.05, 0.1) is 67.4 Å². The highest BCUT2D eigenvalue weighted by Gasteiger charge is 2.24. The van der Waals surface area contributed by atoms with Crippen LogP contribution in [-0.2, 0) is 6.42 Å². The summed E-state index contributed by atoms with van der Waals surface area (Å²) in [5.41, 5.74) is -2.12. The molecule has 0 amide bonds. The molecule has 13 heteroatoms. The van der Waals surface area contributed by atoms with Crippen molar-refractivity contribution in [3.8, 4) is 17.2 Å². The molecular weight excluding hydrogens is 416 g/mol. The quantitative estimate of drug-likeness (QED) is 0.384. The molecule has 0 saturated carbocycles. The van der Waals surface area contributed by atoms with E-state index < -0.39 is 37.6 Å². The predicted molar refractivity (Wildman–Crippen MR) is 107 cm³/mol. The summed E-state index contributed by atoms with van der Waals surface area (Å²) in [7, 11) is 8.02. The molecule has 0 radical (unpaired) electrons. The second-order valence-corrected chi connectivity index (χ2v) is 7.35. The molecule has 0 aliphatic heterocycles. The number of ether oxygens (including phenoxy) is 1. The van der Waals surface area contributed by atoms with Gasteiger partial charge in [-0.2, -0.15) is 0 Å². The first-order valence-corrected chi connectivity index (χ1v) is 8.71. The summed E-state index contributed by atoms with van der Waals surface area (Å²) in [6, 6.07) is 6.34. The number of methoxy groups -OCH3 is 1. The molecular formula is C18H22N4O9. The molecule has 13 nitrogen and oxygen atoms in total. The van der Waals surface area contributed by atoms with Gasteiger partial charge in [-0.05, 0) is 17.7 Å². The van der Waals surface area contributed by atoms with Gasteiger partial charge in [0.1, 0.15) is 0 Å². The minimum atomic E-state index is -1.46. The van der Waals surface area contributed by atoms with Gasteiger partial charge < -0.3 is 19.4 Å². The van der Waals surface area contributed by atoms with Crippen LogP contribution >= 0.6 is 0 Å². The molecule has 168 valence electrons. The molecule has 0 unspecified atom stereocenters. The molecule has 0 aliphatic rings. The van der Waals surface area contributed by atoms with Crippen LogP contribution in [0.2, 0.25) is 0 Å². The fourth-order valence-corrected chi connectivity index (χ4v) is 2.32. The summed E-state index contributed by atoms with van der Waals surface area (Å²) < 4.78 is 5.91. The lowest BCUT2D eigenvalue weighted by molar-refractivity contribution is -0.870. The van der Waals surface area contributed by atoms with Crippen LogP contribution < -0.4 is 9.84 Å². The molecule has 31 heavy (non-hydrogen) atoms. The van der Waals surface area contributed by atoms with Crippen LogP contribution in [0.3, 0.4) is 0 Å². The van der Waals surface area contributed by atoms with Crippen molar-refractivity contribution >= 4 is 17.1 Å². The fourth-order valence-electron chi connectivity index (χ4n) is 2.32. The van der Waals surface area contributed by atoms with Gasteiger partial charge in [0.25, 0.3) is 17.1 Å². The first-order chi connectivity index (χ1) is 14.3. The minimum absolute atomic E-state index is 0.219. The Morgan fingerprint density at radius 2 is 1.45 bits per heavy atom. The maximum atomic E-state index is 11.1. The van der Waals surface area contributed by atoms with E-state index in [4.69, 9.17) is 4.74 Å². The first kappa shape index (κ1) is 25.0. The summed E-state index contributed by atoms with van der Waals surface area (Å²) in [6.45, 7) is 1.05. The van der Waals surface area contributed by atoms with Crippen molar-refractivity contribution in [1.82, 2.24) is 0 Å². The summed E-state index contributed by atoms with van der Waals surface area (Å²) in [6.07, 6.45) is 0.959. The number of rotatable bonds is 7. The Kier molecular flexibility index (Phi) is 8.20. The predicted octanol–water partition coefficient (Wildman–Crippen LogP) is 2.13. The smallest absolute Gasteiger partial charge is 0.283 e. The van der Waals surface area contributed by atoms with E-state index in [0.717, 1.165) is 23.0 Å². The normalized spacial score (nSPS) is 10.6. The maximum Gasteiger partial charge on any atom is 0.283 e. The number of nitro benzene ring substituents is 3. The van der Waals surface area contributed by atoms with Gasteiger partial charge in [0.15, 0.2) is 11.5 Å². The van der Waals surface area contributed by atoms with Crippen molar-refractivity contribution in [2.24, 2.45) is 0 Å². The minimum Gasteiger partial charge on any atom is -0.863 e. The number of phenolic OH excluding ortho intramolecular Hbond substituents is 1. The average Bonchev–Trinajstić information content (AvgIpc) is 2.66. The van der Waals surface area contributed by atoms with Crippen molar-refractivity contribution in [2.75, 3.05) is 34.8 Å². The highest BCUT2D eigenvalue weighted by molar-refractivity contribution is 5.64. The van der Waals surface area contributed by atoms with Crippen molar-refractivity contribution in [1.29, 1.82) is 0 Å². The van der Waals surface area contributed by atoms with Crippen LogP contribution in [0.4, 0.5) is 17.1 Å². The fraction of sp³-hybridized carbons (Fsp3) is 0.333. The van der Waals surface area contributed by atoms with E-state index in [9.17, 15) is 40.6 Å². The molecule has 0 saturated heterocycles. The number of quaternary nitrogens is 1. The first-order valence-electron chi connectivity index (χ1n) is 8.71. The van der Waals surface area contributed by atoms with Crippen LogP contribution in [0.5, 0.6) is 17.2 Å². The van der Waals surface area contributed by atoms with E-state index in [0.29, 0.717) is 17.9 Å². The topological polar surface area (TPSA) is 182 Å². The molecule has 0 aromatic heterocycles. The number of non-ortho nitro benzene ring substituents is 1. The maximum absolute atomic E-state index is 11.1. The Bertz CT molecular complexity index is 951. The standard InChI is InChI=1S/C12H19NO2.C6H3N3O7/c1-13(2,3)8-7-10-5-6-12(15-4)11(14)9-10;10-6-4(8(13)14)1-3(7(11)12)2-5(6)9(15)16/h5-6,9H,7-8H2,1-4H3;1-2,10H. The number of hydrogen-bond donors (Lipinski definition) is 1. The zero-order chi connectivity index (χ0) is 23.9. The monoisotopic (exact) mass is 438 g/mol. The number of nitro groups is 3. The lowest BCUT2D eigenvalue weighted by atomic mass is 10.1. The van der Waals surface area contributed by atoms with Crippen LogP contribution in [0.25, 0.3) is 0 Å². The van der Waals surface area contributed by atoms with E-state index in [-0.39, 0.29) is 5.75 Å². The molecule has 1 N–H and O–H groups in total. The Morgan fingerprint density at radius 1 is 0.935 bits per heavy atom. The molecule has 0 bridgehead atoms. The summed E-state index contributed by atoms with van der Waals surface area (Å²) >= 11 is 0. The van der Waals surface area contributed by atoms with E-state index in [2.05, 4.69) is 21.1 Å². The average molecular weight is 438 g/mol. The molecule has 2 rings (SSSR count). The second kappa shape index (κ2) is 10.2. The van der Waals surface area contributed by atoms with Crippen LogP contribution in [0.15, 0.2) is 30.3 Å². The van der Waals surface area contributed by atoms with Gasteiger partial charge in [-0.25, -0.2) is 0 Å². The Labute approximate surface area is 176 Å². The molecule has 0 fully saturated rings. The van der Waals surface area contributed by atoms with Gasteiger partial charge in [-0.3, -0.25) is 30.3 Å². The highest BCUT2D eigenvalue weighted by Crippen LogP contribution is 2.36. The van der Waals surface area contributed by atoms with Crippen LogP contribution in [0.1, 0.15) is 5.56 Å². The van der Waals surface area contributed by atoms with Crippen molar-refractivity contribution in [3.63, 3.8) is 0 Å². The van der Waals surface area contributed by atoms with Crippen molar-refractivity contribution in [2.45, 2.75) is 6.42 Å². The van der Waals surface area contributed by atoms with Crippen LogP contribution in [-0.4, -0.2) is 59.2 Å². The van der Waals surface area contributed by atoms with Gasteiger partial charge in [-0.1, -0.05) is 6.07 Å². The molecule has 2 aromatic carbocycles. The third-order valence-corrected chi connectivity index (χ3v) is 3.95. The Hall–Kier alpha value is -4.00. The van der Waals surface area contributed by atoms with E-state index >= 15 is 0 Å². The summed E-state index contributed by atoms with van der Waals surface area (Å²) in [5.74, 6) is -0.707. The number of hydrogen-bond acceptors (Lipinski definition) is 9. The Morgan fingerprint density at radius 3 is 1.81 bits per heavy atom. The zero-order valence-corrected chi connectivity index (χ0v) is 17.3. The van der Waals surface area contributed by atoms with Gasteiger partial charge >= 0.3 is 0 Å². The van der Waals surface area contributed by atoms with E-state index in [1.165, 1.54) is 0 Å². The molecule has 0 spiro atoms. The van der Waals surface area contributed by atoms with Gasteiger partial charge in [0, 0.05) is 6.42 Å². The summed E-state index contributed by atoms with van der Waals surface area (Å²) in [5, 5.41) is 51.7.